The molecule has 0 aliphatic heterocycles. The maximum atomic E-state index is 7.04. The summed E-state index contributed by atoms with van der Waals surface area (Å²) in [5.74, 6) is 8.64. The van der Waals surface area contributed by atoms with E-state index < -0.39 is 0 Å². The normalized spacial score (nSPS) is 10.3. The molecule has 2 rings (SSSR count). The van der Waals surface area contributed by atoms with E-state index in [2.05, 4.69) is 62.8 Å². The lowest BCUT2D eigenvalue weighted by molar-refractivity contribution is 0.590. The first kappa shape index (κ1) is 14.0. The molecule has 0 unspecified atom stereocenters. The molecule has 2 aromatic rings. The van der Waals surface area contributed by atoms with Crippen molar-refractivity contribution in [3.8, 4) is 17.8 Å². The highest BCUT2D eigenvalue weighted by molar-refractivity contribution is 5.45. The summed E-state index contributed by atoms with van der Waals surface area (Å²) in [4.78, 5) is 0. The summed E-state index contributed by atoms with van der Waals surface area (Å²) in [6.45, 7) is 6.61. The van der Waals surface area contributed by atoms with E-state index in [9.17, 15) is 0 Å². The van der Waals surface area contributed by atoms with Crippen molar-refractivity contribution in [2.45, 2.75) is 26.2 Å². The Labute approximate surface area is 121 Å². The van der Waals surface area contributed by atoms with Gasteiger partial charge in [-0.1, -0.05) is 50.7 Å². The average molecular weight is 257 g/mol. The maximum Gasteiger partial charge on any atom is 0.0256 e. The summed E-state index contributed by atoms with van der Waals surface area (Å²) in [6.07, 6.45) is 7.04. The lowest BCUT2D eigenvalue weighted by Gasteiger charge is -2.18. The molecule has 97 valence electrons. The Morgan fingerprint density at radius 1 is 0.700 bits per heavy atom. The molecule has 0 nitrogen and oxygen atoms in total. The Hall–Kier alpha value is -2.44. The van der Waals surface area contributed by atoms with Gasteiger partial charge in [-0.15, -0.1) is 0 Å². The van der Waals surface area contributed by atoms with Crippen molar-refractivity contribution in [3.63, 3.8) is 0 Å². The van der Waals surface area contributed by atoms with Crippen LogP contribution >= 0.6 is 0 Å². The molecule has 0 saturated heterocycles. The van der Waals surface area contributed by atoms with Gasteiger partial charge in [0.15, 0.2) is 0 Å². The molecular formula is C20H17. The molecule has 0 fully saturated rings. The van der Waals surface area contributed by atoms with Crippen LogP contribution in [0, 0.1) is 24.2 Å². The third-order valence-corrected chi connectivity index (χ3v) is 3.13. The minimum atomic E-state index is 0.172. The van der Waals surface area contributed by atoms with E-state index >= 15 is 0 Å². The molecule has 0 saturated carbocycles. The van der Waals surface area contributed by atoms with Crippen molar-refractivity contribution in [3.05, 3.63) is 77.2 Å². The van der Waals surface area contributed by atoms with E-state index in [0.29, 0.717) is 0 Å². The fourth-order valence-corrected chi connectivity index (χ4v) is 1.83. The van der Waals surface area contributed by atoms with Crippen LogP contribution in [0.15, 0.2) is 48.5 Å². The van der Waals surface area contributed by atoms with Crippen LogP contribution in [0.1, 0.15) is 43.0 Å². The van der Waals surface area contributed by atoms with Crippen LogP contribution in [0.4, 0.5) is 0 Å². The van der Waals surface area contributed by atoms with E-state index in [1.165, 1.54) is 5.56 Å². The van der Waals surface area contributed by atoms with Gasteiger partial charge in [-0.25, -0.2) is 0 Å². The largest absolute Gasteiger partial charge is 0.0617 e. The Kier molecular flexibility index (Phi) is 3.97. The molecule has 1 radical (unpaired) electrons. The maximum absolute atomic E-state index is 7.04. The number of rotatable bonds is 0. The van der Waals surface area contributed by atoms with Gasteiger partial charge in [0.25, 0.3) is 0 Å². The van der Waals surface area contributed by atoms with Gasteiger partial charge in [-0.2, -0.15) is 0 Å². The standard InChI is InChI=1S/C20H17/c1-5-16-6-8-17(9-7-16)10-11-18-12-14-19(15-13-18)20(2,3)4/h6-9,12-15H,2-4H3. The molecule has 0 N–H and O–H groups in total. The Bertz CT molecular complexity index is 675. The summed E-state index contributed by atoms with van der Waals surface area (Å²) in [6, 6.07) is 15.9. The molecule has 0 atom stereocenters. The average Bonchev–Trinajstić information content (AvgIpc) is 2.45. The van der Waals surface area contributed by atoms with Crippen LogP contribution < -0.4 is 0 Å². The molecule has 2 aromatic carbocycles. The minimum Gasteiger partial charge on any atom is -0.0617 e. The third kappa shape index (κ3) is 3.53. The summed E-state index contributed by atoms with van der Waals surface area (Å²) in [5.41, 5.74) is 4.22. The third-order valence-electron chi connectivity index (χ3n) is 3.13. The predicted octanol–water partition coefficient (Wildman–Crippen LogP) is 4.32. The van der Waals surface area contributed by atoms with Crippen LogP contribution in [0.2, 0.25) is 0 Å². The first-order chi connectivity index (χ1) is 9.49. The quantitative estimate of drug-likeness (QED) is 0.616. The molecular weight excluding hydrogens is 240 g/mol. The van der Waals surface area contributed by atoms with E-state index in [-0.39, 0.29) is 5.41 Å². The van der Waals surface area contributed by atoms with Gasteiger partial charge in [-0.3, -0.25) is 0 Å². The Balaban J connectivity index is 2.18. The van der Waals surface area contributed by atoms with Crippen LogP contribution in [0.3, 0.4) is 0 Å². The van der Waals surface area contributed by atoms with Crippen molar-refractivity contribution in [2.75, 3.05) is 0 Å². The second kappa shape index (κ2) is 5.68. The van der Waals surface area contributed by atoms with Gasteiger partial charge in [-0.05, 0) is 53.8 Å². The van der Waals surface area contributed by atoms with E-state index in [0.717, 1.165) is 16.7 Å². The first-order valence-electron chi connectivity index (χ1n) is 6.64. The highest BCUT2D eigenvalue weighted by atomic mass is 14.2. The molecule has 0 bridgehead atoms. The summed E-state index contributed by atoms with van der Waals surface area (Å²) >= 11 is 0. The Morgan fingerprint density at radius 2 is 1.10 bits per heavy atom. The highest BCUT2D eigenvalue weighted by Gasteiger charge is 2.12. The van der Waals surface area contributed by atoms with Crippen LogP contribution in [-0.2, 0) is 5.41 Å². The highest BCUT2D eigenvalue weighted by Crippen LogP contribution is 2.21. The van der Waals surface area contributed by atoms with E-state index in [4.69, 9.17) is 6.42 Å². The Morgan fingerprint density at radius 3 is 1.50 bits per heavy atom. The summed E-state index contributed by atoms with van der Waals surface area (Å²) < 4.78 is 0. The van der Waals surface area contributed by atoms with Crippen molar-refractivity contribution in [1.29, 1.82) is 0 Å². The number of benzene rings is 2. The molecule has 0 spiro atoms. The van der Waals surface area contributed by atoms with Crippen molar-refractivity contribution in [1.82, 2.24) is 0 Å². The van der Waals surface area contributed by atoms with Crippen molar-refractivity contribution < 1.29 is 0 Å². The summed E-state index contributed by atoms with van der Waals surface area (Å²) in [5, 5.41) is 0. The van der Waals surface area contributed by atoms with Crippen LogP contribution in [0.5, 0.6) is 0 Å². The van der Waals surface area contributed by atoms with E-state index in [1.807, 2.05) is 24.3 Å². The predicted molar refractivity (Wildman–Crippen MR) is 83.8 cm³/mol. The second-order valence-electron chi connectivity index (χ2n) is 5.78. The molecule has 0 aliphatic rings. The van der Waals surface area contributed by atoms with Gasteiger partial charge in [0, 0.05) is 16.7 Å². The van der Waals surface area contributed by atoms with Gasteiger partial charge >= 0.3 is 0 Å². The molecule has 0 aromatic heterocycles. The van der Waals surface area contributed by atoms with Crippen molar-refractivity contribution >= 4 is 0 Å². The first-order valence-corrected chi connectivity index (χ1v) is 6.64. The lowest BCUT2D eigenvalue weighted by atomic mass is 9.87. The fraction of sp³-hybridized carbons (Fsp3) is 0.200. The zero-order valence-electron chi connectivity index (χ0n) is 12.1. The minimum absolute atomic E-state index is 0.172. The van der Waals surface area contributed by atoms with Crippen LogP contribution in [0.25, 0.3) is 0 Å². The second-order valence-corrected chi connectivity index (χ2v) is 5.78. The zero-order valence-corrected chi connectivity index (χ0v) is 12.1. The SMILES string of the molecule is [C]#Cc1ccc(C#Cc2ccc(C(C)(C)C)cc2)cc1. The van der Waals surface area contributed by atoms with Gasteiger partial charge in [0.2, 0.25) is 0 Å². The number of hydrogen-bond donors (Lipinski definition) is 0. The van der Waals surface area contributed by atoms with Gasteiger partial charge in [0.05, 0.1) is 0 Å². The molecule has 0 heterocycles. The van der Waals surface area contributed by atoms with Crippen LogP contribution in [-0.4, -0.2) is 0 Å². The molecule has 0 aliphatic carbocycles. The topological polar surface area (TPSA) is 0 Å². The van der Waals surface area contributed by atoms with Gasteiger partial charge in [0.1, 0.15) is 0 Å². The van der Waals surface area contributed by atoms with Gasteiger partial charge < -0.3 is 0 Å². The molecule has 0 heteroatoms. The number of hydrogen-bond acceptors (Lipinski definition) is 0. The summed E-state index contributed by atoms with van der Waals surface area (Å²) in [7, 11) is 0. The molecule has 0 amide bonds. The van der Waals surface area contributed by atoms with E-state index in [1.54, 1.807) is 0 Å². The smallest absolute Gasteiger partial charge is 0.0256 e. The monoisotopic (exact) mass is 257 g/mol. The molecule has 20 heavy (non-hydrogen) atoms. The fourth-order valence-electron chi connectivity index (χ4n) is 1.83. The van der Waals surface area contributed by atoms with Crippen molar-refractivity contribution in [2.24, 2.45) is 0 Å². The lowest BCUT2D eigenvalue weighted by Crippen LogP contribution is -2.10. The zero-order chi connectivity index (χ0) is 14.6.